The van der Waals surface area contributed by atoms with Crippen LogP contribution in [0.5, 0.6) is 0 Å². The summed E-state index contributed by atoms with van der Waals surface area (Å²) in [6.45, 7) is 0. The lowest BCUT2D eigenvalue weighted by Crippen LogP contribution is -2.29. The van der Waals surface area contributed by atoms with E-state index in [1.54, 1.807) is 6.07 Å². The highest BCUT2D eigenvalue weighted by Crippen LogP contribution is 2.27. The first-order valence-corrected chi connectivity index (χ1v) is 5.60. The number of hydrogen-bond acceptors (Lipinski definition) is 2. The summed E-state index contributed by atoms with van der Waals surface area (Å²) in [5, 5.41) is 1.82. The summed E-state index contributed by atoms with van der Waals surface area (Å²) in [6, 6.07) is 0.949. The Morgan fingerprint density at radius 1 is 1.50 bits per heavy atom. The second-order valence-electron chi connectivity index (χ2n) is 2.98. The Morgan fingerprint density at radius 2 is 2.14 bits per heavy atom. The summed E-state index contributed by atoms with van der Waals surface area (Å²) in [5.74, 6) is 0. The van der Waals surface area contributed by atoms with Gasteiger partial charge in [0.2, 0.25) is 0 Å². The summed E-state index contributed by atoms with van der Waals surface area (Å²) in [5.41, 5.74) is 5.39. The summed E-state index contributed by atoms with van der Waals surface area (Å²) in [6.07, 6.45) is -4.85. The van der Waals surface area contributed by atoms with Crippen molar-refractivity contribution < 1.29 is 13.2 Å². The van der Waals surface area contributed by atoms with Gasteiger partial charge in [0.05, 0.1) is 6.42 Å². The Hall–Kier alpha value is -0.0700. The number of nitrogens with two attached hydrogens (primary N) is 1. The molecule has 14 heavy (non-hydrogen) atoms. The topological polar surface area (TPSA) is 26.0 Å². The van der Waals surface area contributed by atoms with Crippen LogP contribution in [0.2, 0.25) is 0 Å². The van der Waals surface area contributed by atoms with Gasteiger partial charge >= 0.3 is 6.18 Å². The van der Waals surface area contributed by atoms with Crippen molar-refractivity contribution in [2.24, 2.45) is 5.73 Å². The molecule has 0 saturated carbocycles. The minimum atomic E-state index is -4.18. The summed E-state index contributed by atoms with van der Waals surface area (Å²) < 4.78 is 36.7. The molecule has 0 spiro atoms. The van der Waals surface area contributed by atoms with Crippen molar-refractivity contribution in [1.82, 2.24) is 0 Å². The Labute approximate surface area is 92.2 Å². The molecule has 2 N–H and O–H groups in total. The van der Waals surface area contributed by atoms with Crippen LogP contribution in [0.25, 0.3) is 0 Å². The zero-order valence-corrected chi connectivity index (χ0v) is 9.55. The minimum absolute atomic E-state index is 0.262. The number of hydrogen-bond donors (Lipinski definition) is 1. The van der Waals surface area contributed by atoms with Crippen LogP contribution in [0.3, 0.4) is 0 Å². The molecule has 1 rings (SSSR count). The lowest BCUT2D eigenvalue weighted by atomic mass is 10.1. The van der Waals surface area contributed by atoms with Gasteiger partial charge in [-0.05, 0) is 33.8 Å². The van der Waals surface area contributed by atoms with E-state index in [4.69, 9.17) is 5.73 Å². The van der Waals surface area contributed by atoms with Gasteiger partial charge in [0.25, 0.3) is 0 Å². The van der Waals surface area contributed by atoms with Crippen LogP contribution in [0, 0.1) is 0 Å². The third-order valence-corrected chi connectivity index (χ3v) is 3.58. The average Bonchev–Trinajstić information content (AvgIpc) is 2.32. The molecule has 1 unspecified atom stereocenters. The molecule has 0 aliphatic rings. The maximum atomic E-state index is 11.9. The molecule has 0 saturated heterocycles. The molecule has 6 heteroatoms. The van der Waals surface area contributed by atoms with Gasteiger partial charge in [0, 0.05) is 15.4 Å². The second kappa shape index (κ2) is 4.63. The molecule has 0 aromatic carbocycles. The third kappa shape index (κ3) is 3.98. The first-order chi connectivity index (χ1) is 6.38. The van der Waals surface area contributed by atoms with Gasteiger partial charge in [-0.15, -0.1) is 11.3 Å². The van der Waals surface area contributed by atoms with Crippen molar-refractivity contribution in [1.29, 1.82) is 0 Å². The molecule has 1 atom stereocenters. The predicted molar refractivity (Wildman–Crippen MR) is 54.4 cm³/mol. The molecule has 0 radical (unpaired) electrons. The molecule has 80 valence electrons. The van der Waals surface area contributed by atoms with E-state index < -0.39 is 18.6 Å². The monoisotopic (exact) mass is 287 g/mol. The van der Waals surface area contributed by atoms with Crippen LogP contribution in [0.4, 0.5) is 13.2 Å². The standard InChI is InChI=1S/C8H9BrF3NS/c9-6-1-2-14-7(6)3-5(13)4-8(10,11)12/h1-2,5H,3-4,13H2. The van der Waals surface area contributed by atoms with Gasteiger partial charge in [0.15, 0.2) is 0 Å². The Morgan fingerprint density at radius 3 is 2.57 bits per heavy atom. The van der Waals surface area contributed by atoms with Crippen molar-refractivity contribution in [3.05, 3.63) is 20.8 Å². The van der Waals surface area contributed by atoms with Crippen molar-refractivity contribution in [2.75, 3.05) is 0 Å². The number of rotatable bonds is 3. The highest BCUT2D eigenvalue weighted by Gasteiger charge is 2.30. The molecule has 0 aliphatic heterocycles. The molecule has 1 aromatic heterocycles. The minimum Gasteiger partial charge on any atom is -0.327 e. The van der Waals surface area contributed by atoms with Gasteiger partial charge in [-0.2, -0.15) is 13.2 Å². The van der Waals surface area contributed by atoms with Crippen LogP contribution < -0.4 is 5.73 Å². The maximum absolute atomic E-state index is 11.9. The van der Waals surface area contributed by atoms with Gasteiger partial charge in [-0.1, -0.05) is 0 Å². The van der Waals surface area contributed by atoms with Gasteiger partial charge in [-0.3, -0.25) is 0 Å². The molecular weight excluding hydrogens is 279 g/mol. The van der Waals surface area contributed by atoms with Crippen LogP contribution >= 0.6 is 27.3 Å². The lowest BCUT2D eigenvalue weighted by Gasteiger charge is -2.13. The summed E-state index contributed by atoms with van der Waals surface area (Å²) in [7, 11) is 0. The Bertz CT molecular complexity index is 297. The second-order valence-corrected chi connectivity index (χ2v) is 4.83. The van der Waals surface area contributed by atoms with E-state index in [1.165, 1.54) is 11.3 Å². The van der Waals surface area contributed by atoms with E-state index in [0.717, 1.165) is 9.35 Å². The highest BCUT2D eigenvalue weighted by molar-refractivity contribution is 9.10. The molecule has 0 bridgehead atoms. The lowest BCUT2D eigenvalue weighted by molar-refractivity contribution is -0.138. The van der Waals surface area contributed by atoms with Crippen molar-refractivity contribution in [3.8, 4) is 0 Å². The van der Waals surface area contributed by atoms with Gasteiger partial charge in [0.1, 0.15) is 0 Å². The van der Waals surface area contributed by atoms with Crippen molar-refractivity contribution >= 4 is 27.3 Å². The normalized spacial score (nSPS) is 14.4. The molecule has 0 amide bonds. The fourth-order valence-corrected chi connectivity index (χ4v) is 2.69. The third-order valence-electron chi connectivity index (χ3n) is 1.63. The largest absolute Gasteiger partial charge is 0.390 e. The van der Waals surface area contributed by atoms with Crippen molar-refractivity contribution in [2.45, 2.75) is 25.1 Å². The highest BCUT2D eigenvalue weighted by atomic mass is 79.9. The molecule has 1 aromatic rings. The van der Waals surface area contributed by atoms with Crippen LogP contribution in [0.15, 0.2) is 15.9 Å². The summed E-state index contributed by atoms with van der Waals surface area (Å²) >= 11 is 4.66. The first-order valence-electron chi connectivity index (χ1n) is 3.92. The van der Waals surface area contributed by atoms with E-state index >= 15 is 0 Å². The Kier molecular flexibility index (Phi) is 3.97. The molecule has 0 fully saturated rings. The van der Waals surface area contributed by atoms with Gasteiger partial charge < -0.3 is 5.73 Å². The average molecular weight is 288 g/mol. The van der Waals surface area contributed by atoms with E-state index in [9.17, 15) is 13.2 Å². The number of halogens is 4. The maximum Gasteiger partial charge on any atom is 0.390 e. The van der Waals surface area contributed by atoms with Crippen LogP contribution in [-0.2, 0) is 6.42 Å². The quantitative estimate of drug-likeness (QED) is 0.907. The molecule has 1 heterocycles. The van der Waals surface area contributed by atoms with E-state index in [0.29, 0.717) is 0 Å². The zero-order chi connectivity index (χ0) is 10.8. The van der Waals surface area contributed by atoms with E-state index in [2.05, 4.69) is 15.9 Å². The van der Waals surface area contributed by atoms with E-state index in [-0.39, 0.29) is 6.42 Å². The predicted octanol–water partition coefficient (Wildman–Crippen LogP) is 3.33. The van der Waals surface area contributed by atoms with Gasteiger partial charge in [-0.25, -0.2) is 0 Å². The van der Waals surface area contributed by atoms with Crippen molar-refractivity contribution in [3.63, 3.8) is 0 Å². The number of alkyl halides is 3. The fourth-order valence-electron chi connectivity index (χ4n) is 1.08. The molecule has 1 nitrogen and oxygen atoms in total. The Balaban J connectivity index is 2.50. The smallest absolute Gasteiger partial charge is 0.327 e. The molecule has 0 aliphatic carbocycles. The SMILES string of the molecule is NC(Cc1sccc1Br)CC(F)(F)F. The zero-order valence-electron chi connectivity index (χ0n) is 7.14. The molecular formula is C8H9BrF3NS. The first kappa shape index (κ1) is 12.0. The fraction of sp³-hybridized carbons (Fsp3) is 0.500. The van der Waals surface area contributed by atoms with E-state index in [1.807, 2.05) is 5.38 Å². The number of thiophene rings is 1. The summed E-state index contributed by atoms with van der Waals surface area (Å²) in [4.78, 5) is 0.863. The van der Waals surface area contributed by atoms with Crippen LogP contribution in [0.1, 0.15) is 11.3 Å². The van der Waals surface area contributed by atoms with Crippen LogP contribution in [-0.4, -0.2) is 12.2 Å².